The third-order valence-electron chi connectivity index (χ3n) is 12.1. The fourth-order valence-electron chi connectivity index (χ4n) is 9.94. The van der Waals surface area contributed by atoms with Crippen molar-refractivity contribution in [2.75, 3.05) is 18.4 Å². The van der Waals surface area contributed by atoms with Crippen molar-refractivity contribution in [3.05, 3.63) is 143 Å². The molecule has 0 bridgehead atoms. The Hall–Kier alpha value is -5.72. The molecule has 11 rings (SSSR count). The summed E-state index contributed by atoms with van der Waals surface area (Å²) in [6.45, 7) is 3.50. The molecule has 0 fully saturated rings. The molecule has 0 amide bonds. The number of fused-ring (bicyclic) bond motifs is 12. The Kier molecular flexibility index (Phi) is 6.42. The highest BCUT2D eigenvalue weighted by Gasteiger charge is 2.56. The summed E-state index contributed by atoms with van der Waals surface area (Å²) in [7, 11) is 0. The van der Waals surface area contributed by atoms with E-state index in [-0.39, 0.29) is 12.0 Å². The Labute approximate surface area is 301 Å². The molecular formula is C46H38N2O4. The fraction of sp³-hybridized carbons (Fsp3) is 0.217. The first-order valence-corrected chi connectivity index (χ1v) is 18.5. The number of nitrogens with two attached hydrogens (primary N) is 1. The van der Waals surface area contributed by atoms with Crippen LogP contribution >= 0.6 is 0 Å². The molecule has 0 radical (unpaired) electrons. The predicted molar refractivity (Wildman–Crippen MR) is 206 cm³/mol. The van der Waals surface area contributed by atoms with E-state index < -0.39 is 5.41 Å². The molecule has 6 heteroatoms. The lowest BCUT2D eigenvalue weighted by molar-refractivity contribution is 0.0709. The van der Waals surface area contributed by atoms with Crippen LogP contribution in [0, 0.1) is 12.8 Å². The first-order valence-electron chi connectivity index (χ1n) is 18.5. The third-order valence-corrected chi connectivity index (χ3v) is 12.1. The lowest BCUT2D eigenvalue weighted by atomic mass is 9.56. The van der Waals surface area contributed by atoms with E-state index >= 15 is 0 Å². The number of hydrogen-bond acceptors (Lipinski definition) is 6. The van der Waals surface area contributed by atoms with Gasteiger partial charge in [0, 0.05) is 57.5 Å². The minimum absolute atomic E-state index is 0.000891. The van der Waals surface area contributed by atoms with Crippen molar-refractivity contribution in [3.63, 3.8) is 0 Å². The van der Waals surface area contributed by atoms with Gasteiger partial charge in [-0.1, -0.05) is 78.9 Å². The van der Waals surface area contributed by atoms with Crippen LogP contribution in [0.25, 0.3) is 44.2 Å². The Balaban J connectivity index is 1.14. The number of para-hydroxylation sites is 1. The lowest BCUT2D eigenvalue weighted by Gasteiger charge is -2.52. The number of furan rings is 2. The molecule has 7 aromatic rings. The van der Waals surface area contributed by atoms with Crippen LogP contribution in [0.2, 0.25) is 0 Å². The molecule has 0 saturated carbocycles. The van der Waals surface area contributed by atoms with Gasteiger partial charge in [-0.3, -0.25) is 0 Å². The van der Waals surface area contributed by atoms with E-state index in [0.717, 1.165) is 94.4 Å². The summed E-state index contributed by atoms with van der Waals surface area (Å²) in [6.07, 6.45) is 8.10. The number of rotatable bonds is 4. The molecular weight excluding hydrogens is 645 g/mol. The van der Waals surface area contributed by atoms with Gasteiger partial charge in [-0.2, -0.15) is 0 Å². The van der Waals surface area contributed by atoms with Crippen molar-refractivity contribution in [3.8, 4) is 39.5 Å². The van der Waals surface area contributed by atoms with Gasteiger partial charge >= 0.3 is 0 Å². The van der Waals surface area contributed by atoms with E-state index in [4.69, 9.17) is 24.0 Å². The summed E-state index contributed by atoms with van der Waals surface area (Å²) in [5, 5.41) is 5.74. The summed E-state index contributed by atoms with van der Waals surface area (Å²) in [5.74, 6) is 4.71. The summed E-state index contributed by atoms with van der Waals surface area (Å²) in [4.78, 5) is 0. The molecule has 4 aliphatic rings. The quantitative estimate of drug-likeness (QED) is 0.180. The zero-order valence-corrected chi connectivity index (χ0v) is 29.0. The van der Waals surface area contributed by atoms with Crippen molar-refractivity contribution in [1.82, 2.24) is 0 Å². The van der Waals surface area contributed by atoms with Crippen LogP contribution in [0.3, 0.4) is 0 Å². The normalized spacial score (nSPS) is 20.8. The van der Waals surface area contributed by atoms with Gasteiger partial charge in [0.15, 0.2) is 5.88 Å². The van der Waals surface area contributed by atoms with Crippen LogP contribution in [0.5, 0.6) is 17.2 Å². The van der Waals surface area contributed by atoms with Crippen molar-refractivity contribution in [2.24, 2.45) is 11.7 Å². The number of benzene rings is 5. The molecule has 5 aromatic carbocycles. The van der Waals surface area contributed by atoms with Crippen LogP contribution < -0.4 is 20.5 Å². The molecule has 0 saturated heterocycles. The van der Waals surface area contributed by atoms with Crippen molar-refractivity contribution < 1.29 is 18.3 Å². The summed E-state index contributed by atoms with van der Waals surface area (Å²) in [6, 6.07) is 35.0. The van der Waals surface area contributed by atoms with Crippen molar-refractivity contribution >= 4 is 27.8 Å². The highest BCUT2D eigenvalue weighted by atomic mass is 16.5. The molecule has 2 aromatic heterocycles. The lowest BCUT2D eigenvalue weighted by Crippen LogP contribution is -2.51. The minimum Gasteiger partial charge on any atom is -0.489 e. The Morgan fingerprint density at radius 1 is 0.731 bits per heavy atom. The van der Waals surface area contributed by atoms with Gasteiger partial charge in [-0.15, -0.1) is 0 Å². The zero-order chi connectivity index (χ0) is 34.6. The molecule has 6 nitrogen and oxygen atoms in total. The fourth-order valence-corrected chi connectivity index (χ4v) is 9.94. The van der Waals surface area contributed by atoms with Gasteiger partial charge in [0.05, 0.1) is 5.41 Å². The van der Waals surface area contributed by atoms with E-state index in [1.807, 2.05) is 6.92 Å². The summed E-state index contributed by atoms with van der Waals surface area (Å²) in [5.41, 5.74) is 17.9. The van der Waals surface area contributed by atoms with E-state index in [1.54, 1.807) is 0 Å². The van der Waals surface area contributed by atoms with Crippen LogP contribution in [0.4, 0.5) is 5.88 Å². The van der Waals surface area contributed by atoms with E-state index in [1.165, 1.54) is 38.8 Å². The average Bonchev–Trinajstić information content (AvgIpc) is 3.87. The number of nitrogens with one attached hydrogen (secondary N) is 1. The molecule has 5 heterocycles. The Bertz CT molecular complexity index is 2630. The van der Waals surface area contributed by atoms with Gasteiger partial charge < -0.3 is 29.4 Å². The van der Waals surface area contributed by atoms with Gasteiger partial charge in [0.1, 0.15) is 40.3 Å². The van der Waals surface area contributed by atoms with Crippen LogP contribution in [0.1, 0.15) is 46.4 Å². The second kappa shape index (κ2) is 11.1. The maximum atomic E-state index is 7.07. The third kappa shape index (κ3) is 4.04. The number of aryl methyl sites for hydroxylation is 1. The van der Waals surface area contributed by atoms with Gasteiger partial charge in [0.2, 0.25) is 0 Å². The van der Waals surface area contributed by atoms with Crippen LogP contribution in [-0.2, 0) is 18.3 Å². The molecule has 1 aliphatic carbocycles. The Morgan fingerprint density at radius 3 is 2.27 bits per heavy atom. The maximum absolute atomic E-state index is 7.07. The van der Waals surface area contributed by atoms with Gasteiger partial charge in [-0.25, -0.2) is 0 Å². The zero-order valence-electron chi connectivity index (χ0n) is 29.0. The molecule has 256 valence electrons. The number of anilines is 1. The molecule has 3 aliphatic heterocycles. The summed E-state index contributed by atoms with van der Waals surface area (Å²) >= 11 is 0. The van der Waals surface area contributed by atoms with Gasteiger partial charge in [-0.05, 0) is 85.3 Å². The molecule has 52 heavy (non-hydrogen) atoms. The highest BCUT2D eigenvalue weighted by Crippen LogP contribution is 2.62. The van der Waals surface area contributed by atoms with Crippen molar-refractivity contribution in [2.45, 2.75) is 44.1 Å². The minimum atomic E-state index is -0.486. The SMILES string of the molecule is Cc1oc2cccc(-c3ccc4c(c3)OC3CC=CCC3C43c4ccccc4Oc4cc(-c5cccc6oc7c(c56)CCN7)ccc43)c2c1CCN. The van der Waals surface area contributed by atoms with Crippen LogP contribution in [-0.4, -0.2) is 19.2 Å². The largest absolute Gasteiger partial charge is 0.489 e. The smallest absolute Gasteiger partial charge is 0.197 e. The maximum Gasteiger partial charge on any atom is 0.197 e. The second-order valence-electron chi connectivity index (χ2n) is 14.7. The number of hydrogen-bond donors (Lipinski definition) is 2. The molecule has 1 spiro atoms. The number of ether oxygens (including phenoxy) is 2. The molecule has 3 N–H and O–H groups in total. The topological polar surface area (TPSA) is 82.8 Å². The first kappa shape index (κ1) is 30.0. The van der Waals surface area contributed by atoms with E-state index in [0.29, 0.717) is 6.54 Å². The van der Waals surface area contributed by atoms with E-state index in [9.17, 15) is 0 Å². The van der Waals surface area contributed by atoms with Crippen LogP contribution in [0.15, 0.2) is 118 Å². The highest BCUT2D eigenvalue weighted by molar-refractivity contribution is 6.00. The number of allylic oxidation sites excluding steroid dienone is 1. The predicted octanol–water partition coefficient (Wildman–Crippen LogP) is 10.5. The average molecular weight is 683 g/mol. The van der Waals surface area contributed by atoms with Crippen molar-refractivity contribution in [1.29, 1.82) is 0 Å². The first-order chi connectivity index (χ1) is 25.6. The van der Waals surface area contributed by atoms with E-state index in [2.05, 4.69) is 115 Å². The monoisotopic (exact) mass is 682 g/mol. The van der Waals surface area contributed by atoms with Gasteiger partial charge in [0.25, 0.3) is 0 Å². The molecule has 3 atom stereocenters. The standard InChI is InChI=1S/C46H38N2O4/c1-26-29(20-22-47)43-30(8-6-14-39(43)49-26)27-16-18-35-41(24-27)50-37-12-4-2-10-33(37)46(35)34-11-3-5-13-38(34)51-42-25-28(17-19-36(42)46)31-9-7-15-40-44(31)32-21-23-48-45(32)52-40/h2-9,11,13-19,24-25,33,37,48H,10,12,20-23,47H2,1H3. The Morgan fingerprint density at radius 2 is 1.44 bits per heavy atom. The second-order valence-corrected chi connectivity index (χ2v) is 14.7. The molecule has 3 unspecified atom stereocenters. The summed E-state index contributed by atoms with van der Waals surface area (Å²) < 4.78 is 26.4.